The fourth-order valence-electron chi connectivity index (χ4n) is 2.55. The van der Waals surface area contributed by atoms with Crippen molar-refractivity contribution in [3.05, 3.63) is 52.5 Å². The van der Waals surface area contributed by atoms with Gasteiger partial charge in [0.25, 0.3) is 0 Å². The molecule has 152 valence electrons. The van der Waals surface area contributed by atoms with Crippen molar-refractivity contribution in [2.24, 2.45) is 0 Å². The molecule has 0 fully saturated rings. The smallest absolute Gasteiger partial charge is 0.304 e. The highest BCUT2D eigenvalue weighted by Crippen LogP contribution is 2.28. The number of ether oxygens (including phenoxy) is 1. The average Bonchev–Trinajstić information content (AvgIpc) is 2.62. The van der Waals surface area contributed by atoms with Gasteiger partial charge in [0.05, 0.1) is 17.8 Å². The van der Waals surface area contributed by atoms with Gasteiger partial charge in [-0.3, -0.25) is 4.79 Å². The molecule has 0 aromatic heterocycles. The summed E-state index contributed by atoms with van der Waals surface area (Å²) in [5, 5.41) is 3.02. The summed E-state index contributed by atoms with van der Waals surface area (Å²) in [6.07, 6.45) is 0. The van der Waals surface area contributed by atoms with Crippen LogP contribution in [0, 0.1) is 13.8 Å². The summed E-state index contributed by atoms with van der Waals surface area (Å²) >= 11 is 6.08. The van der Waals surface area contributed by atoms with Crippen LogP contribution in [0.25, 0.3) is 0 Å². The Labute approximate surface area is 171 Å². The zero-order chi connectivity index (χ0) is 21.1. The van der Waals surface area contributed by atoms with Crippen molar-refractivity contribution in [1.29, 1.82) is 0 Å². The average molecular weight is 426 g/mol. The number of hydrogen-bond donors (Lipinski definition) is 1. The second-order valence-corrected chi connectivity index (χ2v) is 8.96. The Morgan fingerprint density at radius 2 is 1.82 bits per heavy atom. The maximum Gasteiger partial charge on any atom is 0.304 e. The molecule has 1 N–H and O–H groups in total. The van der Waals surface area contributed by atoms with Crippen LogP contribution in [0.4, 0.5) is 11.4 Å². The van der Waals surface area contributed by atoms with Gasteiger partial charge in [-0.2, -0.15) is 12.7 Å². The lowest BCUT2D eigenvalue weighted by molar-refractivity contribution is -0.114. The lowest BCUT2D eigenvalue weighted by Crippen LogP contribution is -2.44. The molecule has 7 nitrogen and oxygen atoms in total. The summed E-state index contributed by atoms with van der Waals surface area (Å²) < 4.78 is 33.0. The van der Waals surface area contributed by atoms with E-state index in [9.17, 15) is 13.2 Å². The van der Waals surface area contributed by atoms with Crippen LogP contribution in [0.3, 0.4) is 0 Å². The van der Waals surface area contributed by atoms with Gasteiger partial charge in [-0.15, -0.1) is 0 Å². The van der Waals surface area contributed by atoms with Gasteiger partial charge in [0.1, 0.15) is 12.3 Å². The molecule has 2 rings (SSSR count). The minimum atomic E-state index is -3.88. The Kier molecular flexibility index (Phi) is 6.92. The van der Waals surface area contributed by atoms with Crippen molar-refractivity contribution in [3.63, 3.8) is 0 Å². The predicted octanol–water partition coefficient (Wildman–Crippen LogP) is 3.22. The van der Waals surface area contributed by atoms with Crippen molar-refractivity contribution in [3.8, 4) is 5.75 Å². The lowest BCUT2D eigenvalue weighted by atomic mass is 10.1. The van der Waals surface area contributed by atoms with E-state index in [0.717, 1.165) is 19.7 Å². The molecule has 2 aromatic carbocycles. The number of aryl methyl sites for hydroxylation is 2. The van der Waals surface area contributed by atoms with Crippen molar-refractivity contribution < 1.29 is 17.9 Å². The van der Waals surface area contributed by atoms with Gasteiger partial charge < -0.3 is 10.1 Å². The number of nitrogens with zero attached hydrogens (tertiary/aromatic N) is 2. The highest BCUT2D eigenvalue weighted by Gasteiger charge is 2.28. The molecule has 0 atom stereocenters. The monoisotopic (exact) mass is 425 g/mol. The second kappa shape index (κ2) is 8.81. The fourth-order valence-corrected chi connectivity index (χ4v) is 3.93. The molecular weight excluding hydrogens is 402 g/mol. The number of nitrogens with one attached hydrogen (secondary N) is 1. The first-order valence-corrected chi connectivity index (χ1v) is 10.2. The van der Waals surface area contributed by atoms with E-state index < -0.39 is 16.1 Å². The normalized spacial score (nSPS) is 11.4. The molecule has 0 bridgehead atoms. The van der Waals surface area contributed by atoms with E-state index in [1.807, 2.05) is 19.1 Å². The zero-order valence-corrected chi connectivity index (χ0v) is 18.1. The van der Waals surface area contributed by atoms with E-state index in [2.05, 4.69) is 5.32 Å². The molecule has 0 spiro atoms. The van der Waals surface area contributed by atoms with Crippen molar-refractivity contribution in [2.75, 3.05) is 37.4 Å². The molecule has 0 radical (unpaired) electrons. The molecule has 0 saturated heterocycles. The highest BCUT2D eigenvalue weighted by atomic mass is 35.5. The molecular formula is C19H24ClN3O4S. The van der Waals surface area contributed by atoms with E-state index >= 15 is 0 Å². The van der Waals surface area contributed by atoms with Gasteiger partial charge in [-0.1, -0.05) is 23.7 Å². The second-order valence-electron chi connectivity index (χ2n) is 6.48. The number of rotatable bonds is 7. The minimum absolute atomic E-state index is 0.340. The van der Waals surface area contributed by atoms with Crippen molar-refractivity contribution in [1.82, 2.24) is 4.31 Å². The van der Waals surface area contributed by atoms with Crippen LogP contribution in [-0.4, -0.2) is 46.4 Å². The predicted molar refractivity (Wildman–Crippen MR) is 113 cm³/mol. The highest BCUT2D eigenvalue weighted by molar-refractivity contribution is 7.90. The first kappa shape index (κ1) is 22.0. The maximum atomic E-state index is 12.9. The van der Waals surface area contributed by atoms with Crippen molar-refractivity contribution >= 4 is 39.1 Å². The van der Waals surface area contributed by atoms with Gasteiger partial charge in [-0.05, 0) is 49.2 Å². The number of carbonyl (C=O) groups is 1. The Morgan fingerprint density at radius 3 is 2.39 bits per heavy atom. The number of anilines is 2. The summed E-state index contributed by atoms with van der Waals surface area (Å²) in [6.45, 7) is 3.28. The molecule has 0 aliphatic carbocycles. The molecule has 0 unspecified atom stereocenters. The molecule has 1 amide bonds. The van der Waals surface area contributed by atoms with Crippen LogP contribution in [-0.2, 0) is 15.0 Å². The van der Waals surface area contributed by atoms with E-state index in [0.29, 0.717) is 22.1 Å². The first-order valence-electron chi connectivity index (χ1n) is 8.47. The number of benzene rings is 2. The standard InChI is InChI=1S/C19H24ClN3O4S/c1-13-6-7-14(2)17(10-13)23(28(25,26)22(3)4)12-19(24)21-15-8-9-18(27-5)16(20)11-15/h6-11H,12H2,1-5H3,(H,21,24). The summed E-state index contributed by atoms with van der Waals surface area (Å²) in [7, 11) is 0.466. The minimum Gasteiger partial charge on any atom is -0.495 e. The number of amides is 1. The Hall–Kier alpha value is -2.29. The van der Waals surface area contributed by atoms with Gasteiger partial charge in [0.2, 0.25) is 5.91 Å². The van der Waals surface area contributed by atoms with Gasteiger partial charge in [0, 0.05) is 19.8 Å². The van der Waals surface area contributed by atoms with Crippen molar-refractivity contribution in [2.45, 2.75) is 13.8 Å². The molecule has 0 saturated carbocycles. The van der Waals surface area contributed by atoms with Crippen LogP contribution >= 0.6 is 11.6 Å². The molecule has 0 aliphatic heterocycles. The van der Waals surface area contributed by atoms with Gasteiger partial charge >= 0.3 is 10.2 Å². The van der Waals surface area contributed by atoms with Crippen LogP contribution in [0.2, 0.25) is 5.02 Å². The molecule has 0 aliphatic rings. The summed E-state index contributed by atoms with van der Waals surface area (Å²) in [4.78, 5) is 12.6. The molecule has 28 heavy (non-hydrogen) atoms. The maximum absolute atomic E-state index is 12.9. The third kappa shape index (κ3) is 4.95. The van der Waals surface area contributed by atoms with E-state index in [4.69, 9.17) is 16.3 Å². The number of hydrogen-bond acceptors (Lipinski definition) is 4. The van der Waals surface area contributed by atoms with Crippen LogP contribution < -0.4 is 14.4 Å². The largest absolute Gasteiger partial charge is 0.495 e. The van der Waals surface area contributed by atoms with E-state index in [-0.39, 0.29) is 6.54 Å². The SMILES string of the molecule is COc1ccc(NC(=O)CN(c2cc(C)ccc2C)S(=O)(=O)N(C)C)cc1Cl. The van der Waals surface area contributed by atoms with Crippen LogP contribution in [0.1, 0.15) is 11.1 Å². The third-order valence-electron chi connectivity index (χ3n) is 4.10. The number of carbonyl (C=O) groups excluding carboxylic acids is 1. The van der Waals surface area contributed by atoms with E-state index in [1.165, 1.54) is 21.2 Å². The lowest BCUT2D eigenvalue weighted by Gasteiger charge is -2.28. The van der Waals surface area contributed by atoms with Crippen LogP contribution in [0.5, 0.6) is 5.75 Å². The molecule has 9 heteroatoms. The topological polar surface area (TPSA) is 79.0 Å². The third-order valence-corrected chi connectivity index (χ3v) is 6.20. The number of halogens is 1. The Morgan fingerprint density at radius 1 is 1.14 bits per heavy atom. The summed E-state index contributed by atoms with van der Waals surface area (Å²) in [5.74, 6) is -0.0144. The first-order chi connectivity index (χ1) is 13.1. The van der Waals surface area contributed by atoms with Gasteiger partial charge in [-0.25, -0.2) is 4.31 Å². The fraction of sp³-hybridized carbons (Fsp3) is 0.316. The van der Waals surface area contributed by atoms with E-state index in [1.54, 1.807) is 31.2 Å². The Bertz CT molecular complexity index is 977. The Balaban J connectivity index is 2.33. The number of methoxy groups -OCH3 is 1. The molecule has 0 heterocycles. The summed E-state index contributed by atoms with van der Waals surface area (Å²) in [5.41, 5.74) is 2.54. The summed E-state index contributed by atoms with van der Waals surface area (Å²) in [6, 6.07) is 10.2. The van der Waals surface area contributed by atoms with Gasteiger partial charge in [0.15, 0.2) is 0 Å². The van der Waals surface area contributed by atoms with Crippen LogP contribution in [0.15, 0.2) is 36.4 Å². The zero-order valence-electron chi connectivity index (χ0n) is 16.5. The molecule has 2 aromatic rings. The quantitative estimate of drug-likeness (QED) is 0.738.